The summed E-state index contributed by atoms with van der Waals surface area (Å²) in [5.41, 5.74) is 0. The van der Waals surface area contributed by atoms with Crippen molar-refractivity contribution in [1.29, 1.82) is 0 Å². The van der Waals surface area contributed by atoms with E-state index in [4.69, 9.17) is 5.11 Å². The highest BCUT2D eigenvalue weighted by molar-refractivity contribution is 5.66. The van der Waals surface area contributed by atoms with E-state index >= 15 is 0 Å². The van der Waals surface area contributed by atoms with Crippen LogP contribution >= 0.6 is 0 Å². The summed E-state index contributed by atoms with van der Waals surface area (Å²) in [5, 5.41) is 28.0. The number of hydrogen-bond donors (Lipinski definition) is 3. The van der Waals surface area contributed by atoms with Gasteiger partial charge in [-0.2, -0.15) is 0 Å². The molecule has 0 spiro atoms. The molecule has 0 saturated heterocycles. The van der Waals surface area contributed by atoms with E-state index in [0.717, 1.165) is 32.1 Å². The zero-order chi connectivity index (χ0) is 19.5. The lowest BCUT2D eigenvalue weighted by Crippen LogP contribution is -2.03. The van der Waals surface area contributed by atoms with Crippen molar-refractivity contribution in [2.75, 3.05) is 0 Å². The normalized spacial score (nSPS) is 15.2. The summed E-state index contributed by atoms with van der Waals surface area (Å²) in [6.07, 6.45) is 23.6. The lowest BCUT2D eigenvalue weighted by atomic mass is 10.1. The van der Waals surface area contributed by atoms with Crippen molar-refractivity contribution in [2.45, 2.75) is 70.5 Å². The quantitative estimate of drug-likeness (QED) is 0.224. The van der Waals surface area contributed by atoms with E-state index < -0.39 is 18.2 Å². The standard InChI is InChI=1S/C22H34O4/c1-2-3-11-15-20(23)17-14-18-21(24)16-12-9-7-5-4-6-8-10-13-19-22(25)26/h4-5,7-10,12,14,16-17,20-21,23-24H,2-3,6,11,13,15,18-19H2,1H3,(H,25,26)/b5-4+,9-7+,10-8+,16-12+,17-14+. The largest absolute Gasteiger partial charge is 0.481 e. The molecule has 3 N–H and O–H groups in total. The number of aliphatic hydroxyl groups is 2. The average molecular weight is 363 g/mol. The van der Waals surface area contributed by atoms with Gasteiger partial charge in [-0.05, 0) is 25.7 Å². The van der Waals surface area contributed by atoms with Gasteiger partial charge in [-0.1, -0.05) is 86.9 Å². The Bertz CT molecular complexity index is 486. The fourth-order valence-corrected chi connectivity index (χ4v) is 2.13. The molecule has 0 aromatic heterocycles. The molecule has 0 saturated carbocycles. The molecule has 4 heteroatoms. The summed E-state index contributed by atoms with van der Waals surface area (Å²) in [4.78, 5) is 10.3. The Balaban J connectivity index is 3.82. The molecule has 2 unspecified atom stereocenters. The third kappa shape index (κ3) is 18.4. The molecule has 0 fully saturated rings. The van der Waals surface area contributed by atoms with Gasteiger partial charge in [0.1, 0.15) is 0 Å². The lowest BCUT2D eigenvalue weighted by Gasteiger charge is -2.05. The molecule has 0 aliphatic carbocycles. The first kappa shape index (κ1) is 24.1. The Morgan fingerprint density at radius 2 is 1.65 bits per heavy atom. The molecule has 4 nitrogen and oxygen atoms in total. The van der Waals surface area contributed by atoms with Crippen LogP contribution in [0, 0.1) is 0 Å². The van der Waals surface area contributed by atoms with Crippen molar-refractivity contribution in [3.8, 4) is 0 Å². The monoisotopic (exact) mass is 362 g/mol. The smallest absolute Gasteiger partial charge is 0.303 e. The minimum absolute atomic E-state index is 0.167. The average Bonchev–Trinajstić information content (AvgIpc) is 2.59. The summed E-state index contributed by atoms with van der Waals surface area (Å²) in [6.45, 7) is 2.14. The molecule has 146 valence electrons. The van der Waals surface area contributed by atoms with Crippen molar-refractivity contribution in [3.63, 3.8) is 0 Å². The number of carboxylic acids is 1. The maximum absolute atomic E-state index is 10.3. The molecule has 0 heterocycles. The van der Waals surface area contributed by atoms with Gasteiger partial charge >= 0.3 is 5.97 Å². The minimum atomic E-state index is -0.777. The summed E-state index contributed by atoms with van der Waals surface area (Å²) < 4.78 is 0. The van der Waals surface area contributed by atoms with Crippen LogP contribution in [-0.4, -0.2) is 33.5 Å². The number of carboxylic acid groups (broad SMARTS) is 1. The summed E-state index contributed by atoms with van der Waals surface area (Å²) >= 11 is 0. The van der Waals surface area contributed by atoms with Gasteiger partial charge in [-0.15, -0.1) is 0 Å². The molecule has 0 aromatic carbocycles. The van der Waals surface area contributed by atoms with Crippen molar-refractivity contribution in [1.82, 2.24) is 0 Å². The highest BCUT2D eigenvalue weighted by Crippen LogP contribution is 2.05. The van der Waals surface area contributed by atoms with Crippen molar-refractivity contribution in [3.05, 3.63) is 60.8 Å². The Hall–Kier alpha value is -1.91. The predicted molar refractivity (Wildman–Crippen MR) is 108 cm³/mol. The van der Waals surface area contributed by atoms with Crippen LogP contribution < -0.4 is 0 Å². The van der Waals surface area contributed by atoms with E-state index in [-0.39, 0.29) is 6.42 Å². The van der Waals surface area contributed by atoms with Crippen LogP contribution in [0.4, 0.5) is 0 Å². The van der Waals surface area contributed by atoms with E-state index in [1.807, 2.05) is 42.5 Å². The molecular weight excluding hydrogens is 328 g/mol. The fourth-order valence-electron chi connectivity index (χ4n) is 2.13. The Morgan fingerprint density at radius 3 is 2.38 bits per heavy atom. The summed E-state index contributed by atoms with van der Waals surface area (Å²) in [7, 11) is 0. The van der Waals surface area contributed by atoms with Crippen LogP contribution in [0.5, 0.6) is 0 Å². The summed E-state index contributed by atoms with van der Waals surface area (Å²) in [6, 6.07) is 0. The Morgan fingerprint density at radius 1 is 0.885 bits per heavy atom. The molecule has 0 rings (SSSR count). The van der Waals surface area contributed by atoms with Gasteiger partial charge < -0.3 is 15.3 Å². The van der Waals surface area contributed by atoms with Gasteiger partial charge in [-0.25, -0.2) is 0 Å². The molecule has 0 aliphatic heterocycles. The van der Waals surface area contributed by atoms with Crippen molar-refractivity contribution in [2.24, 2.45) is 0 Å². The van der Waals surface area contributed by atoms with E-state index in [1.54, 1.807) is 18.2 Å². The molecule has 0 aromatic rings. The molecule has 0 bridgehead atoms. The molecule has 0 radical (unpaired) electrons. The first-order valence-electron chi connectivity index (χ1n) is 9.45. The minimum Gasteiger partial charge on any atom is -0.481 e. The van der Waals surface area contributed by atoms with Gasteiger partial charge in [-0.3, -0.25) is 4.79 Å². The second-order valence-corrected chi connectivity index (χ2v) is 6.13. The first-order chi connectivity index (χ1) is 12.6. The van der Waals surface area contributed by atoms with E-state index in [0.29, 0.717) is 12.8 Å². The van der Waals surface area contributed by atoms with Crippen LogP contribution in [0.2, 0.25) is 0 Å². The number of hydrogen-bond acceptors (Lipinski definition) is 3. The molecule has 0 aliphatic rings. The highest BCUT2D eigenvalue weighted by Gasteiger charge is 1.99. The summed E-state index contributed by atoms with van der Waals surface area (Å²) in [5.74, 6) is -0.777. The van der Waals surface area contributed by atoms with E-state index in [2.05, 4.69) is 6.92 Å². The van der Waals surface area contributed by atoms with Crippen LogP contribution in [-0.2, 0) is 4.79 Å². The van der Waals surface area contributed by atoms with Crippen LogP contribution in [0.1, 0.15) is 58.3 Å². The molecular formula is C22H34O4. The number of carbonyl (C=O) groups is 1. The van der Waals surface area contributed by atoms with Crippen LogP contribution in [0.25, 0.3) is 0 Å². The molecule has 0 amide bonds. The van der Waals surface area contributed by atoms with Crippen molar-refractivity contribution >= 4 is 5.97 Å². The molecule has 26 heavy (non-hydrogen) atoms. The lowest BCUT2D eigenvalue weighted by molar-refractivity contribution is -0.136. The Labute approximate surface area is 157 Å². The van der Waals surface area contributed by atoms with Gasteiger partial charge in [0.05, 0.1) is 12.2 Å². The zero-order valence-electron chi connectivity index (χ0n) is 15.8. The Kier molecular flexibility index (Phi) is 16.6. The second-order valence-electron chi connectivity index (χ2n) is 6.13. The molecule has 2 atom stereocenters. The number of unbranched alkanes of at least 4 members (excludes halogenated alkanes) is 2. The maximum atomic E-state index is 10.3. The topological polar surface area (TPSA) is 77.8 Å². The number of rotatable bonds is 15. The zero-order valence-corrected chi connectivity index (χ0v) is 15.8. The number of aliphatic hydroxyl groups excluding tert-OH is 2. The highest BCUT2D eigenvalue weighted by atomic mass is 16.4. The number of allylic oxidation sites excluding steroid dienone is 7. The fraction of sp³-hybridized carbons (Fsp3) is 0.500. The SMILES string of the molecule is CCCCCC(O)/C=C/CC(O)/C=C/C=C/C=C/C/C=C/CCC(=O)O. The van der Waals surface area contributed by atoms with Gasteiger partial charge in [0.15, 0.2) is 0 Å². The third-order valence-corrected chi connectivity index (χ3v) is 3.61. The first-order valence-corrected chi connectivity index (χ1v) is 9.45. The second kappa shape index (κ2) is 17.9. The van der Waals surface area contributed by atoms with Crippen LogP contribution in [0.3, 0.4) is 0 Å². The van der Waals surface area contributed by atoms with Crippen molar-refractivity contribution < 1.29 is 20.1 Å². The van der Waals surface area contributed by atoms with Gasteiger partial charge in [0.25, 0.3) is 0 Å². The predicted octanol–water partition coefficient (Wildman–Crippen LogP) is 4.71. The van der Waals surface area contributed by atoms with E-state index in [1.165, 1.54) is 0 Å². The van der Waals surface area contributed by atoms with Crippen LogP contribution in [0.15, 0.2) is 60.8 Å². The maximum Gasteiger partial charge on any atom is 0.303 e. The third-order valence-electron chi connectivity index (χ3n) is 3.61. The van der Waals surface area contributed by atoms with Gasteiger partial charge in [0.2, 0.25) is 0 Å². The van der Waals surface area contributed by atoms with E-state index in [9.17, 15) is 15.0 Å². The van der Waals surface area contributed by atoms with Gasteiger partial charge in [0, 0.05) is 6.42 Å². The number of aliphatic carboxylic acids is 1.